The molecule has 0 aliphatic heterocycles. The van der Waals surface area contributed by atoms with E-state index in [0.29, 0.717) is 5.82 Å². The van der Waals surface area contributed by atoms with Gasteiger partial charge >= 0.3 is 0 Å². The van der Waals surface area contributed by atoms with Crippen LogP contribution in [0.15, 0.2) is 51.2 Å². The number of aromatic nitrogens is 1. The molecule has 0 radical (unpaired) electrons. The summed E-state index contributed by atoms with van der Waals surface area (Å²) in [5.41, 5.74) is 7.87. The monoisotopic (exact) mass is 288 g/mol. The average molecular weight is 288 g/mol. The normalized spacial score (nSPS) is 10.8. The number of rotatable bonds is 3. The largest absolute Gasteiger partial charge is 0.380 e. The maximum atomic E-state index is 5.96. The van der Waals surface area contributed by atoms with Crippen molar-refractivity contribution in [1.82, 2.24) is 5.16 Å². The summed E-state index contributed by atoms with van der Waals surface area (Å²) in [5, 5.41) is 5.94. The highest BCUT2D eigenvalue weighted by Crippen LogP contribution is 2.41. The standard InChI is InChI=1S/C14H12N2OS2/c1-18-10-6-3-2-5-9(10)13-12(14(15)16-17-13)11-7-4-8-19-11/h2-8H,1H3,(H2,15,16). The second kappa shape index (κ2) is 5.11. The minimum Gasteiger partial charge on any atom is -0.380 e. The molecule has 1 aromatic carbocycles. The van der Waals surface area contributed by atoms with Gasteiger partial charge in [0.05, 0.1) is 5.56 Å². The van der Waals surface area contributed by atoms with Gasteiger partial charge in [-0.2, -0.15) is 0 Å². The molecule has 0 fully saturated rings. The van der Waals surface area contributed by atoms with Crippen molar-refractivity contribution in [3.8, 4) is 21.8 Å². The van der Waals surface area contributed by atoms with Gasteiger partial charge < -0.3 is 10.3 Å². The van der Waals surface area contributed by atoms with Crippen LogP contribution in [0.5, 0.6) is 0 Å². The molecular weight excluding hydrogens is 276 g/mol. The molecule has 0 saturated heterocycles. The molecular formula is C14H12N2OS2. The van der Waals surface area contributed by atoms with E-state index in [1.54, 1.807) is 23.1 Å². The van der Waals surface area contributed by atoms with Crippen LogP contribution < -0.4 is 5.73 Å². The minimum absolute atomic E-state index is 0.438. The molecule has 0 aliphatic carbocycles. The molecule has 0 spiro atoms. The van der Waals surface area contributed by atoms with Gasteiger partial charge in [-0.05, 0) is 29.8 Å². The molecule has 0 atom stereocenters. The Hall–Kier alpha value is -1.72. The van der Waals surface area contributed by atoms with Gasteiger partial charge in [0.2, 0.25) is 0 Å². The van der Waals surface area contributed by atoms with Crippen LogP contribution in [0.4, 0.5) is 5.82 Å². The molecule has 96 valence electrons. The quantitative estimate of drug-likeness (QED) is 0.727. The first-order valence-electron chi connectivity index (χ1n) is 5.73. The highest BCUT2D eigenvalue weighted by molar-refractivity contribution is 7.98. The summed E-state index contributed by atoms with van der Waals surface area (Å²) < 4.78 is 5.47. The second-order valence-corrected chi connectivity index (χ2v) is 5.75. The molecule has 2 heterocycles. The van der Waals surface area contributed by atoms with Crippen LogP contribution >= 0.6 is 23.1 Å². The van der Waals surface area contributed by atoms with E-state index in [9.17, 15) is 0 Å². The fourth-order valence-electron chi connectivity index (χ4n) is 1.98. The number of hydrogen-bond acceptors (Lipinski definition) is 5. The predicted molar refractivity (Wildman–Crippen MR) is 81.4 cm³/mol. The zero-order chi connectivity index (χ0) is 13.2. The summed E-state index contributed by atoms with van der Waals surface area (Å²) >= 11 is 3.31. The van der Waals surface area contributed by atoms with Gasteiger partial charge in [0.15, 0.2) is 11.6 Å². The molecule has 0 bridgehead atoms. The summed E-state index contributed by atoms with van der Waals surface area (Å²) in [5.74, 6) is 1.18. The van der Waals surface area contributed by atoms with E-state index >= 15 is 0 Å². The smallest absolute Gasteiger partial charge is 0.178 e. The second-order valence-electron chi connectivity index (χ2n) is 3.95. The van der Waals surface area contributed by atoms with E-state index < -0.39 is 0 Å². The molecule has 0 saturated carbocycles. The van der Waals surface area contributed by atoms with E-state index in [-0.39, 0.29) is 0 Å². The van der Waals surface area contributed by atoms with Crippen molar-refractivity contribution < 1.29 is 4.52 Å². The van der Waals surface area contributed by atoms with Crippen molar-refractivity contribution in [2.45, 2.75) is 4.90 Å². The maximum absolute atomic E-state index is 5.96. The predicted octanol–water partition coefficient (Wildman–Crippen LogP) is 4.37. The van der Waals surface area contributed by atoms with Crippen LogP contribution in [-0.2, 0) is 0 Å². The Bertz CT molecular complexity index is 689. The van der Waals surface area contributed by atoms with Crippen molar-refractivity contribution in [3.05, 3.63) is 41.8 Å². The first-order valence-corrected chi connectivity index (χ1v) is 7.84. The number of benzene rings is 1. The van der Waals surface area contributed by atoms with Crippen molar-refractivity contribution in [3.63, 3.8) is 0 Å². The zero-order valence-electron chi connectivity index (χ0n) is 10.3. The average Bonchev–Trinajstić information content (AvgIpc) is 3.07. The van der Waals surface area contributed by atoms with E-state index in [2.05, 4.69) is 11.2 Å². The topological polar surface area (TPSA) is 52.0 Å². The molecule has 3 rings (SSSR count). The maximum Gasteiger partial charge on any atom is 0.178 e. The lowest BCUT2D eigenvalue weighted by Crippen LogP contribution is -1.87. The number of nitrogen functional groups attached to an aromatic ring is 1. The molecule has 5 heteroatoms. The molecule has 19 heavy (non-hydrogen) atoms. The molecule has 0 unspecified atom stereocenters. The van der Waals surface area contributed by atoms with Gasteiger partial charge in [-0.25, -0.2) is 0 Å². The lowest BCUT2D eigenvalue weighted by atomic mass is 10.1. The van der Waals surface area contributed by atoms with Crippen LogP contribution in [-0.4, -0.2) is 11.4 Å². The highest BCUT2D eigenvalue weighted by Gasteiger charge is 2.20. The third kappa shape index (κ3) is 2.15. The number of thioether (sulfide) groups is 1. The van der Waals surface area contributed by atoms with Crippen molar-refractivity contribution in [2.24, 2.45) is 0 Å². The first-order chi connectivity index (χ1) is 9.31. The van der Waals surface area contributed by atoms with Crippen LogP contribution in [0.1, 0.15) is 0 Å². The van der Waals surface area contributed by atoms with Gasteiger partial charge in [-0.1, -0.05) is 23.4 Å². The van der Waals surface area contributed by atoms with Crippen molar-refractivity contribution in [2.75, 3.05) is 12.0 Å². The Morgan fingerprint density at radius 1 is 1.21 bits per heavy atom. The Morgan fingerprint density at radius 3 is 2.79 bits per heavy atom. The van der Waals surface area contributed by atoms with Gasteiger partial charge in [0.1, 0.15) is 0 Å². The Morgan fingerprint density at radius 2 is 2.05 bits per heavy atom. The molecule has 0 aliphatic rings. The fourth-order valence-corrected chi connectivity index (χ4v) is 3.35. The van der Waals surface area contributed by atoms with E-state index in [1.165, 1.54) is 0 Å². The number of hydrogen-bond donors (Lipinski definition) is 1. The highest BCUT2D eigenvalue weighted by atomic mass is 32.2. The summed E-state index contributed by atoms with van der Waals surface area (Å²) in [6, 6.07) is 12.1. The molecule has 0 amide bonds. The van der Waals surface area contributed by atoms with Crippen LogP contribution in [0.2, 0.25) is 0 Å². The number of nitrogens with zero attached hydrogens (tertiary/aromatic N) is 1. The Kier molecular flexibility index (Phi) is 3.31. The van der Waals surface area contributed by atoms with E-state index in [0.717, 1.165) is 26.7 Å². The number of anilines is 1. The van der Waals surface area contributed by atoms with Gasteiger partial charge in [-0.15, -0.1) is 23.1 Å². The summed E-state index contributed by atoms with van der Waals surface area (Å²) in [4.78, 5) is 2.22. The molecule has 3 nitrogen and oxygen atoms in total. The Balaban J connectivity index is 2.22. The van der Waals surface area contributed by atoms with Gasteiger partial charge in [-0.3, -0.25) is 0 Å². The van der Waals surface area contributed by atoms with Crippen LogP contribution in [0.3, 0.4) is 0 Å². The minimum atomic E-state index is 0.438. The van der Waals surface area contributed by atoms with Gasteiger partial charge in [0, 0.05) is 15.3 Å². The number of nitrogens with two attached hydrogens (primary N) is 1. The third-order valence-electron chi connectivity index (χ3n) is 2.84. The molecule has 2 aromatic heterocycles. The molecule has 3 aromatic rings. The van der Waals surface area contributed by atoms with Crippen molar-refractivity contribution in [1.29, 1.82) is 0 Å². The first kappa shape index (κ1) is 12.3. The lowest BCUT2D eigenvalue weighted by Gasteiger charge is -2.05. The third-order valence-corrected chi connectivity index (χ3v) is 4.52. The number of thiophene rings is 1. The lowest BCUT2D eigenvalue weighted by molar-refractivity contribution is 0.435. The van der Waals surface area contributed by atoms with E-state index in [1.807, 2.05) is 42.0 Å². The fraction of sp³-hybridized carbons (Fsp3) is 0.0714. The van der Waals surface area contributed by atoms with Crippen molar-refractivity contribution >= 4 is 28.9 Å². The molecule has 2 N–H and O–H groups in total. The summed E-state index contributed by atoms with van der Waals surface area (Å²) in [6.45, 7) is 0. The summed E-state index contributed by atoms with van der Waals surface area (Å²) in [6.07, 6.45) is 2.05. The summed E-state index contributed by atoms with van der Waals surface area (Å²) in [7, 11) is 0. The zero-order valence-corrected chi connectivity index (χ0v) is 11.9. The Labute approximate surface area is 119 Å². The van der Waals surface area contributed by atoms with Crippen LogP contribution in [0.25, 0.3) is 21.8 Å². The SMILES string of the molecule is CSc1ccccc1-c1onc(N)c1-c1cccs1. The van der Waals surface area contributed by atoms with Gasteiger partial charge in [0.25, 0.3) is 0 Å². The van der Waals surface area contributed by atoms with Crippen LogP contribution in [0, 0.1) is 0 Å². The van der Waals surface area contributed by atoms with E-state index in [4.69, 9.17) is 10.3 Å².